The van der Waals surface area contributed by atoms with E-state index in [0.717, 1.165) is 11.4 Å². The first-order chi connectivity index (χ1) is 13.4. The minimum absolute atomic E-state index is 0.0885. The van der Waals surface area contributed by atoms with Crippen molar-refractivity contribution in [3.05, 3.63) is 52.5 Å². The van der Waals surface area contributed by atoms with Crippen LogP contribution in [-0.4, -0.2) is 42.3 Å². The number of nitrogens with zero attached hydrogens (tertiary/aromatic N) is 4. The first kappa shape index (κ1) is 18.3. The van der Waals surface area contributed by atoms with Crippen LogP contribution in [0.3, 0.4) is 0 Å². The molecule has 0 aromatic heterocycles. The number of nitrogens with two attached hydrogens (primary N) is 1. The Morgan fingerprint density at radius 1 is 1.25 bits per heavy atom. The average molecular weight is 377 g/mol. The summed E-state index contributed by atoms with van der Waals surface area (Å²) in [5.74, 6) is -0.145. The number of fused-ring (bicyclic) bond motifs is 3. The summed E-state index contributed by atoms with van der Waals surface area (Å²) >= 11 is 0. The van der Waals surface area contributed by atoms with Gasteiger partial charge in [0.05, 0.1) is 5.57 Å². The molecular formula is C21H23N5O2. The molecule has 144 valence electrons. The van der Waals surface area contributed by atoms with Crippen LogP contribution < -0.4 is 10.6 Å². The molecule has 0 fully saturated rings. The monoisotopic (exact) mass is 377 g/mol. The Labute approximate surface area is 164 Å². The fourth-order valence-electron chi connectivity index (χ4n) is 4.88. The van der Waals surface area contributed by atoms with Crippen molar-refractivity contribution in [1.82, 2.24) is 10.0 Å². The van der Waals surface area contributed by atoms with Gasteiger partial charge in [-0.25, -0.2) is 5.01 Å². The summed E-state index contributed by atoms with van der Waals surface area (Å²) in [5.41, 5.74) is 7.68. The van der Waals surface area contributed by atoms with Crippen molar-refractivity contribution in [2.24, 2.45) is 5.73 Å². The largest absolute Gasteiger partial charge is 0.383 e. The Hall–Kier alpha value is -3.11. The van der Waals surface area contributed by atoms with Gasteiger partial charge in [-0.3, -0.25) is 14.6 Å². The number of hydrogen-bond acceptors (Lipinski definition) is 6. The summed E-state index contributed by atoms with van der Waals surface area (Å²) in [6, 6.07) is 9.59. The number of amides is 1. The number of ketones is 1. The van der Waals surface area contributed by atoms with E-state index in [4.69, 9.17) is 5.73 Å². The van der Waals surface area contributed by atoms with Gasteiger partial charge in [0, 0.05) is 49.6 Å². The van der Waals surface area contributed by atoms with Crippen molar-refractivity contribution in [2.75, 3.05) is 25.5 Å². The SMILES string of the molecule is CCN1C(=O)[C@@]2(C(C#N)=C(N)N(N(C)C)C3=C2C(=O)CCC3)c2ccccc21. The molecule has 3 aliphatic rings. The van der Waals surface area contributed by atoms with Gasteiger partial charge in [-0.15, -0.1) is 0 Å². The van der Waals surface area contributed by atoms with Gasteiger partial charge in [-0.2, -0.15) is 5.26 Å². The number of carbonyl (C=O) groups excluding carboxylic acids is 2. The van der Waals surface area contributed by atoms with Crippen molar-refractivity contribution in [3.63, 3.8) is 0 Å². The zero-order valence-electron chi connectivity index (χ0n) is 16.3. The van der Waals surface area contributed by atoms with Gasteiger partial charge >= 0.3 is 0 Å². The van der Waals surface area contributed by atoms with E-state index < -0.39 is 5.41 Å². The number of carbonyl (C=O) groups is 2. The molecule has 2 aliphatic heterocycles. The summed E-state index contributed by atoms with van der Waals surface area (Å²) in [7, 11) is 3.62. The molecule has 28 heavy (non-hydrogen) atoms. The van der Waals surface area contributed by atoms with E-state index in [-0.39, 0.29) is 23.1 Å². The van der Waals surface area contributed by atoms with Gasteiger partial charge in [0.15, 0.2) is 5.78 Å². The van der Waals surface area contributed by atoms with Crippen molar-refractivity contribution in [1.29, 1.82) is 5.26 Å². The maximum Gasteiger partial charge on any atom is 0.247 e. The molecule has 0 unspecified atom stereocenters. The highest BCUT2D eigenvalue weighted by Crippen LogP contribution is 2.56. The molecule has 1 aromatic carbocycles. The predicted molar refractivity (Wildman–Crippen MR) is 104 cm³/mol. The number of hydrogen-bond donors (Lipinski definition) is 1. The van der Waals surface area contributed by atoms with Crippen LogP contribution in [0.25, 0.3) is 0 Å². The minimum atomic E-state index is -1.45. The van der Waals surface area contributed by atoms with Gasteiger partial charge in [0.25, 0.3) is 0 Å². The van der Waals surface area contributed by atoms with Crippen LogP contribution in [0.2, 0.25) is 0 Å². The third kappa shape index (κ3) is 2.01. The number of likely N-dealkylation sites (N-methyl/N-ethyl adjacent to an activating group) is 1. The van der Waals surface area contributed by atoms with Crippen molar-refractivity contribution in [2.45, 2.75) is 31.6 Å². The molecule has 4 rings (SSSR count). The lowest BCUT2D eigenvalue weighted by Gasteiger charge is -2.45. The summed E-state index contributed by atoms with van der Waals surface area (Å²) in [5, 5.41) is 13.6. The smallest absolute Gasteiger partial charge is 0.247 e. The van der Waals surface area contributed by atoms with Crippen molar-refractivity contribution < 1.29 is 9.59 Å². The van der Waals surface area contributed by atoms with Gasteiger partial charge < -0.3 is 10.6 Å². The highest BCUT2D eigenvalue weighted by Gasteiger charge is 2.62. The summed E-state index contributed by atoms with van der Waals surface area (Å²) < 4.78 is 0. The number of Topliss-reactive ketones (excluding diaryl/α,β-unsaturated/α-hetero) is 1. The van der Waals surface area contributed by atoms with Gasteiger partial charge in [0.2, 0.25) is 5.91 Å². The Kier molecular flexibility index (Phi) is 4.05. The van der Waals surface area contributed by atoms with Crippen LogP contribution in [0, 0.1) is 11.3 Å². The van der Waals surface area contributed by atoms with E-state index in [1.165, 1.54) is 0 Å². The van der Waals surface area contributed by atoms with E-state index in [0.29, 0.717) is 36.9 Å². The Morgan fingerprint density at radius 3 is 2.61 bits per heavy atom. The molecule has 1 aliphatic carbocycles. The van der Waals surface area contributed by atoms with E-state index in [1.807, 2.05) is 45.3 Å². The van der Waals surface area contributed by atoms with E-state index in [9.17, 15) is 14.9 Å². The molecule has 1 aromatic rings. The molecule has 0 saturated carbocycles. The average Bonchev–Trinajstić information content (AvgIpc) is 2.91. The molecule has 1 spiro atoms. The number of para-hydroxylation sites is 1. The lowest BCUT2D eigenvalue weighted by Crippen LogP contribution is -2.54. The van der Waals surface area contributed by atoms with E-state index in [1.54, 1.807) is 14.9 Å². The number of hydrazine groups is 1. The fraction of sp³-hybridized carbons (Fsp3) is 0.381. The molecule has 1 amide bonds. The standard InChI is InChI=1S/C21H23N5O2/c1-4-25-15-9-6-5-8-13(15)21(20(25)28)14(12-22)19(23)26(24(2)3)16-10-7-11-17(27)18(16)21/h5-6,8-9H,4,7,10-11,23H2,1-3H3/t21-/m1/s1. The number of anilines is 1. The Morgan fingerprint density at radius 2 is 1.96 bits per heavy atom. The second-order valence-electron chi connectivity index (χ2n) is 7.45. The lowest BCUT2D eigenvalue weighted by molar-refractivity contribution is -0.124. The maximum atomic E-state index is 13.8. The van der Waals surface area contributed by atoms with E-state index in [2.05, 4.69) is 6.07 Å². The number of rotatable bonds is 2. The second-order valence-corrected chi connectivity index (χ2v) is 7.45. The number of benzene rings is 1. The molecule has 2 heterocycles. The topological polar surface area (TPSA) is 93.7 Å². The first-order valence-electron chi connectivity index (χ1n) is 9.47. The molecule has 1 atom stereocenters. The Balaban J connectivity index is 2.16. The normalized spacial score (nSPS) is 24.2. The zero-order valence-corrected chi connectivity index (χ0v) is 16.3. The van der Waals surface area contributed by atoms with Gasteiger partial charge in [0.1, 0.15) is 17.3 Å². The third-order valence-electron chi connectivity index (χ3n) is 5.87. The van der Waals surface area contributed by atoms with Crippen LogP contribution in [0.5, 0.6) is 0 Å². The second kappa shape index (κ2) is 6.21. The molecule has 7 heteroatoms. The highest BCUT2D eigenvalue weighted by atomic mass is 16.2. The minimum Gasteiger partial charge on any atom is -0.383 e. The highest BCUT2D eigenvalue weighted by molar-refractivity contribution is 6.20. The molecule has 0 radical (unpaired) electrons. The molecule has 0 saturated heterocycles. The van der Waals surface area contributed by atoms with Gasteiger partial charge in [-0.05, 0) is 25.8 Å². The van der Waals surface area contributed by atoms with Gasteiger partial charge in [-0.1, -0.05) is 18.2 Å². The molecule has 7 nitrogen and oxygen atoms in total. The molecule has 2 N–H and O–H groups in total. The van der Waals surface area contributed by atoms with Crippen molar-refractivity contribution >= 4 is 17.4 Å². The maximum absolute atomic E-state index is 13.8. The van der Waals surface area contributed by atoms with Crippen LogP contribution in [0.15, 0.2) is 46.9 Å². The summed E-state index contributed by atoms with van der Waals surface area (Å²) in [6.45, 7) is 2.34. The summed E-state index contributed by atoms with van der Waals surface area (Å²) in [4.78, 5) is 28.7. The fourth-order valence-corrected chi connectivity index (χ4v) is 4.88. The van der Waals surface area contributed by atoms with Crippen LogP contribution in [-0.2, 0) is 15.0 Å². The van der Waals surface area contributed by atoms with E-state index >= 15 is 0 Å². The Bertz CT molecular complexity index is 1000. The van der Waals surface area contributed by atoms with Crippen LogP contribution in [0.1, 0.15) is 31.7 Å². The first-order valence-corrected chi connectivity index (χ1v) is 9.47. The molecular weight excluding hydrogens is 354 g/mol. The van der Waals surface area contributed by atoms with Crippen LogP contribution >= 0.6 is 0 Å². The summed E-state index contributed by atoms with van der Waals surface area (Å²) in [6.07, 6.45) is 1.69. The zero-order chi connectivity index (χ0) is 20.2. The quantitative estimate of drug-likeness (QED) is 0.844. The lowest BCUT2D eigenvalue weighted by atomic mass is 9.64. The third-order valence-corrected chi connectivity index (χ3v) is 5.87. The molecule has 0 bridgehead atoms. The number of allylic oxidation sites excluding steroid dienone is 1. The predicted octanol–water partition coefficient (Wildman–Crippen LogP) is 1.78. The number of nitriles is 1. The van der Waals surface area contributed by atoms with Crippen molar-refractivity contribution in [3.8, 4) is 6.07 Å². The van der Waals surface area contributed by atoms with Crippen LogP contribution in [0.4, 0.5) is 5.69 Å².